The molecule has 2 aromatic heterocycles. The Hall–Kier alpha value is -4.41. The molecule has 218 valence electrons. The van der Waals surface area contributed by atoms with Crippen LogP contribution >= 0.6 is 0 Å². The summed E-state index contributed by atoms with van der Waals surface area (Å²) >= 11 is 0. The Labute approximate surface area is 236 Å². The van der Waals surface area contributed by atoms with Gasteiger partial charge < -0.3 is 10.2 Å². The van der Waals surface area contributed by atoms with Crippen molar-refractivity contribution in [1.82, 2.24) is 25.0 Å². The van der Waals surface area contributed by atoms with Crippen molar-refractivity contribution in [2.75, 3.05) is 38.5 Å². The minimum Gasteiger partial charge on any atom is -0.322 e. The molecule has 42 heavy (non-hydrogen) atoms. The summed E-state index contributed by atoms with van der Waals surface area (Å²) in [6.45, 7) is 2.99. The Morgan fingerprint density at radius 3 is 2.40 bits per heavy atom. The van der Waals surface area contributed by atoms with E-state index < -0.39 is 29.4 Å². The zero-order chi connectivity index (χ0) is 30.1. The van der Waals surface area contributed by atoms with Crippen LogP contribution in [0.15, 0.2) is 54.9 Å². The lowest BCUT2D eigenvalue weighted by Crippen LogP contribution is -2.44. The third-order valence-electron chi connectivity index (χ3n) is 6.89. The van der Waals surface area contributed by atoms with Crippen LogP contribution in [0, 0.1) is 11.8 Å². The number of aromatic nitrogens is 3. The number of pyridine rings is 1. The molecule has 0 spiro atoms. The Morgan fingerprint density at radius 1 is 0.952 bits per heavy atom. The molecule has 2 aromatic carbocycles. The number of para-hydroxylation sites is 1. The maximum atomic E-state index is 13.9. The van der Waals surface area contributed by atoms with Crippen LogP contribution in [0.3, 0.4) is 0 Å². The number of hydrogen-bond donors (Lipinski definition) is 2. The second-order valence-corrected chi connectivity index (χ2v) is 9.91. The molecule has 1 amide bonds. The number of halogens is 6. The average molecular weight is 587 g/mol. The number of aromatic amines is 1. The van der Waals surface area contributed by atoms with Crippen LogP contribution < -0.4 is 5.32 Å². The van der Waals surface area contributed by atoms with E-state index in [0.29, 0.717) is 13.1 Å². The molecule has 0 atom stereocenters. The molecule has 1 fully saturated rings. The molecule has 13 heteroatoms. The fraction of sp³-hybridized carbons (Fsp3) is 0.276. The van der Waals surface area contributed by atoms with Gasteiger partial charge in [0, 0.05) is 61.8 Å². The Morgan fingerprint density at radius 2 is 1.69 bits per heavy atom. The van der Waals surface area contributed by atoms with E-state index in [2.05, 4.69) is 37.2 Å². The average Bonchev–Trinajstić information content (AvgIpc) is 3.36. The second-order valence-electron chi connectivity index (χ2n) is 9.91. The topological polar surface area (TPSA) is 77.1 Å². The van der Waals surface area contributed by atoms with E-state index in [1.165, 1.54) is 42.7 Å². The van der Waals surface area contributed by atoms with Crippen LogP contribution in [0.2, 0.25) is 0 Å². The van der Waals surface area contributed by atoms with Crippen LogP contribution in [0.25, 0.3) is 10.9 Å². The minimum atomic E-state index is -4.61. The van der Waals surface area contributed by atoms with E-state index >= 15 is 0 Å². The normalized spacial score (nSPS) is 14.9. The summed E-state index contributed by atoms with van der Waals surface area (Å²) < 4.78 is 81.5. The van der Waals surface area contributed by atoms with Crippen molar-refractivity contribution in [3.8, 4) is 11.8 Å². The Bertz CT molecular complexity index is 1680. The molecule has 0 aliphatic carbocycles. The molecule has 7 nitrogen and oxygen atoms in total. The van der Waals surface area contributed by atoms with Gasteiger partial charge in [-0.15, -0.1) is 0 Å². The zero-order valence-electron chi connectivity index (χ0n) is 22.2. The summed E-state index contributed by atoms with van der Waals surface area (Å²) in [5.41, 5.74) is -1.46. The summed E-state index contributed by atoms with van der Waals surface area (Å²) in [7, 11) is 1.96. The molecule has 1 aliphatic rings. The predicted molar refractivity (Wildman–Crippen MR) is 143 cm³/mol. The number of anilines is 1. The lowest BCUT2D eigenvalue weighted by molar-refractivity contribution is -0.138. The van der Waals surface area contributed by atoms with Gasteiger partial charge >= 0.3 is 12.4 Å². The molecule has 0 unspecified atom stereocenters. The number of carbonyl (C=O) groups excluding carboxylic acids is 1. The number of amides is 1. The highest BCUT2D eigenvalue weighted by Gasteiger charge is 2.35. The standard InChI is InChI=1S/C29H24F6N6O/c1-40-9-11-41(12-10-40)17-19-6-7-21(14-24(19)29(33,34)35)37-27(42)20-13-18(15-36-16-20)5-8-25-22-3-2-4-23(28(30,31)32)26(22)39-38-25/h2-4,6-7,13-16H,9-12,17H2,1H3,(H,37,42)(H,38,39). The van der Waals surface area contributed by atoms with Gasteiger partial charge in [-0.2, -0.15) is 31.4 Å². The first-order valence-electron chi connectivity index (χ1n) is 12.8. The number of benzene rings is 2. The molecule has 0 saturated carbocycles. The van der Waals surface area contributed by atoms with Crippen LogP contribution in [0.4, 0.5) is 32.0 Å². The van der Waals surface area contributed by atoms with Crippen molar-refractivity contribution in [2.24, 2.45) is 0 Å². The molecular weight excluding hydrogens is 562 g/mol. The second kappa shape index (κ2) is 11.5. The minimum absolute atomic E-state index is 0.0321. The number of H-pyrrole nitrogens is 1. The van der Waals surface area contributed by atoms with Gasteiger partial charge in [0.25, 0.3) is 5.91 Å². The Kier molecular flexibility index (Phi) is 7.94. The van der Waals surface area contributed by atoms with Gasteiger partial charge in [0.15, 0.2) is 0 Å². The molecule has 0 radical (unpaired) electrons. The van der Waals surface area contributed by atoms with Crippen LogP contribution in [0.1, 0.15) is 38.3 Å². The van der Waals surface area contributed by atoms with E-state index in [0.717, 1.165) is 25.2 Å². The SMILES string of the molecule is CN1CCN(Cc2ccc(NC(=O)c3cncc(C#Cc4[nH]nc5c(C(F)(F)F)cccc45)c3)cc2C(F)(F)F)CC1. The molecule has 0 bridgehead atoms. The number of likely N-dealkylation sites (N-methyl/N-ethyl adjacent to an activating group) is 1. The maximum absolute atomic E-state index is 13.9. The highest BCUT2D eigenvalue weighted by Crippen LogP contribution is 2.35. The Balaban J connectivity index is 1.33. The van der Waals surface area contributed by atoms with Gasteiger partial charge in [-0.05, 0) is 48.9 Å². The quantitative estimate of drug-likeness (QED) is 0.248. The van der Waals surface area contributed by atoms with Gasteiger partial charge in [0.1, 0.15) is 11.2 Å². The number of fused-ring (bicyclic) bond motifs is 1. The number of nitrogens with zero attached hydrogens (tertiary/aromatic N) is 4. The van der Waals surface area contributed by atoms with Crippen LogP contribution in [-0.4, -0.2) is 64.1 Å². The summed E-state index contributed by atoms with van der Waals surface area (Å²) in [6, 6.07) is 8.71. The van der Waals surface area contributed by atoms with Gasteiger partial charge in [-0.3, -0.25) is 19.8 Å². The fourth-order valence-corrected chi connectivity index (χ4v) is 4.64. The third-order valence-corrected chi connectivity index (χ3v) is 6.89. The molecule has 2 N–H and O–H groups in total. The largest absolute Gasteiger partial charge is 0.418 e. The van der Waals surface area contributed by atoms with E-state index in [-0.39, 0.29) is 45.5 Å². The van der Waals surface area contributed by atoms with E-state index in [9.17, 15) is 31.1 Å². The third kappa shape index (κ3) is 6.56. The van der Waals surface area contributed by atoms with Crippen molar-refractivity contribution < 1.29 is 31.1 Å². The van der Waals surface area contributed by atoms with Crippen molar-refractivity contribution in [1.29, 1.82) is 0 Å². The van der Waals surface area contributed by atoms with Crippen LogP contribution in [0.5, 0.6) is 0 Å². The van der Waals surface area contributed by atoms with Crippen molar-refractivity contribution in [3.63, 3.8) is 0 Å². The first-order valence-corrected chi connectivity index (χ1v) is 12.8. The summed E-state index contributed by atoms with van der Waals surface area (Å²) in [5.74, 6) is 4.74. The molecular formula is C29H24F6N6O. The lowest BCUT2D eigenvalue weighted by atomic mass is 10.0. The molecule has 4 aromatic rings. The number of piperazine rings is 1. The van der Waals surface area contributed by atoms with Gasteiger partial charge in [0.2, 0.25) is 0 Å². The highest BCUT2D eigenvalue weighted by atomic mass is 19.4. The van der Waals surface area contributed by atoms with Crippen molar-refractivity contribution >= 4 is 22.5 Å². The van der Waals surface area contributed by atoms with Crippen molar-refractivity contribution in [2.45, 2.75) is 18.9 Å². The molecule has 5 rings (SSSR count). The van der Waals surface area contributed by atoms with Gasteiger partial charge in [0.05, 0.1) is 16.7 Å². The van der Waals surface area contributed by atoms with E-state index in [4.69, 9.17) is 0 Å². The lowest BCUT2D eigenvalue weighted by Gasteiger charge is -2.33. The number of carbonyl (C=O) groups is 1. The first-order chi connectivity index (χ1) is 19.9. The number of alkyl halides is 6. The van der Waals surface area contributed by atoms with E-state index in [1.54, 1.807) is 0 Å². The monoisotopic (exact) mass is 586 g/mol. The number of nitrogens with one attached hydrogen (secondary N) is 2. The maximum Gasteiger partial charge on any atom is 0.418 e. The molecule has 1 saturated heterocycles. The summed E-state index contributed by atoms with van der Waals surface area (Å²) in [5, 5.41) is 8.90. The summed E-state index contributed by atoms with van der Waals surface area (Å²) in [4.78, 5) is 20.9. The molecule has 3 heterocycles. The van der Waals surface area contributed by atoms with Gasteiger partial charge in [-0.1, -0.05) is 18.1 Å². The van der Waals surface area contributed by atoms with Gasteiger partial charge in [-0.25, -0.2) is 0 Å². The fourth-order valence-electron chi connectivity index (χ4n) is 4.64. The molecule has 1 aliphatic heterocycles. The number of hydrogen-bond acceptors (Lipinski definition) is 5. The first kappa shape index (κ1) is 29.1. The van der Waals surface area contributed by atoms with Crippen LogP contribution in [-0.2, 0) is 18.9 Å². The number of rotatable bonds is 4. The predicted octanol–water partition coefficient (Wildman–Crippen LogP) is 5.40. The van der Waals surface area contributed by atoms with E-state index in [1.807, 2.05) is 11.9 Å². The highest BCUT2D eigenvalue weighted by molar-refractivity contribution is 6.04. The summed E-state index contributed by atoms with van der Waals surface area (Å²) in [6.07, 6.45) is -6.62. The van der Waals surface area contributed by atoms with Crippen molar-refractivity contribution in [3.05, 3.63) is 88.4 Å². The smallest absolute Gasteiger partial charge is 0.322 e. The zero-order valence-corrected chi connectivity index (χ0v) is 22.2.